The van der Waals surface area contributed by atoms with E-state index in [0.717, 1.165) is 5.56 Å². The van der Waals surface area contributed by atoms with E-state index < -0.39 is 5.91 Å². The van der Waals surface area contributed by atoms with Gasteiger partial charge in [-0.3, -0.25) is 9.59 Å². The van der Waals surface area contributed by atoms with E-state index in [9.17, 15) is 9.59 Å². The average molecular weight is 362 g/mol. The molecule has 8 heteroatoms. The number of ether oxygens (including phenoxy) is 1. The molecule has 0 aliphatic carbocycles. The number of halogens is 1. The predicted octanol–water partition coefficient (Wildman–Crippen LogP) is 2.18. The van der Waals surface area contributed by atoms with Gasteiger partial charge >= 0.3 is 0 Å². The number of primary amides is 1. The number of nitrogens with zero attached hydrogens (tertiary/aromatic N) is 2. The van der Waals surface area contributed by atoms with Crippen LogP contribution in [0.5, 0.6) is 0 Å². The van der Waals surface area contributed by atoms with Gasteiger partial charge in [0, 0.05) is 17.1 Å². The molecule has 7 nitrogen and oxygen atoms in total. The quantitative estimate of drug-likeness (QED) is 0.841. The van der Waals surface area contributed by atoms with Crippen LogP contribution in [0.15, 0.2) is 41.5 Å². The zero-order valence-corrected chi connectivity index (χ0v) is 14.0. The number of benzene rings is 1. The van der Waals surface area contributed by atoms with Crippen LogP contribution in [0.2, 0.25) is 5.02 Å². The molecule has 130 valence electrons. The van der Waals surface area contributed by atoms with Crippen molar-refractivity contribution in [2.24, 2.45) is 5.73 Å². The van der Waals surface area contributed by atoms with Gasteiger partial charge in [0.25, 0.3) is 5.91 Å². The van der Waals surface area contributed by atoms with Crippen LogP contribution in [0.4, 0.5) is 0 Å². The number of aromatic nitrogens is 1. The topological polar surface area (TPSA) is 98.7 Å². The van der Waals surface area contributed by atoms with Crippen LogP contribution in [-0.4, -0.2) is 41.5 Å². The Labute approximate surface area is 149 Å². The molecule has 0 spiro atoms. The fourth-order valence-corrected chi connectivity index (χ4v) is 2.95. The number of morpholine rings is 1. The molecule has 0 saturated carbocycles. The molecule has 1 aliphatic rings. The van der Waals surface area contributed by atoms with Crippen molar-refractivity contribution in [2.75, 3.05) is 19.8 Å². The SMILES string of the molecule is C=CC(=O)N1CCOC[C@H]1c1cc(Cl)cc(-c2ncc(C(N)=O)o2)c1. The molecule has 1 fully saturated rings. The molecular weight excluding hydrogens is 346 g/mol. The van der Waals surface area contributed by atoms with Gasteiger partial charge in [-0.2, -0.15) is 0 Å². The van der Waals surface area contributed by atoms with Gasteiger partial charge in [-0.05, 0) is 29.8 Å². The van der Waals surface area contributed by atoms with Crippen molar-refractivity contribution in [1.82, 2.24) is 9.88 Å². The van der Waals surface area contributed by atoms with E-state index in [1.54, 1.807) is 23.1 Å². The maximum Gasteiger partial charge on any atom is 0.286 e. The minimum Gasteiger partial charge on any atom is -0.431 e. The Morgan fingerprint density at radius 1 is 1.40 bits per heavy atom. The average Bonchev–Trinajstić information content (AvgIpc) is 3.11. The van der Waals surface area contributed by atoms with Gasteiger partial charge in [-0.15, -0.1) is 0 Å². The first-order chi connectivity index (χ1) is 12.0. The van der Waals surface area contributed by atoms with Crippen molar-refractivity contribution in [3.8, 4) is 11.5 Å². The third-order valence-corrected chi connectivity index (χ3v) is 4.10. The molecule has 2 amide bonds. The molecule has 2 N–H and O–H groups in total. The largest absolute Gasteiger partial charge is 0.431 e. The zero-order valence-electron chi connectivity index (χ0n) is 13.3. The number of amides is 2. The molecule has 0 unspecified atom stereocenters. The second-order valence-corrected chi connectivity index (χ2v) is 5.93. The van der Waals surface area contributed by atoms with E-state index in [1.165, 1.54) is 12.3 Å². The van der Waals surface area contributed by atoms with Gasteiger partial charge in [-0.25, -0.2) is 4.98 Å². The molecule has 1 aromatic heterocycles. The Kier molecular flexibility index (Phi) is 4.87. The van der Waals surface area contributed by atoms with Gasteiger partial charge < -0.3 is 19.8 Å². The summed E-state index contributed by atoms with van der Waals surface area (Å²) in [5.74, 6) is -0.705. The Bertz CT molecular complexity index is 833. The lowest BCUT2D eigenvalue weighted by Gasteiger charge is -2.35. The van der Waals surface area contributed by atoms with Crippen molar-refractivity contribution in [3.05, 3.63) is 53.4 Å². The molecule has 1 aliphatic heterocycles. The summed E-state index contributed by atoms with van der Waals surface area (Å²) < 4.78 is 10.9. The van der Waals surface area contributed by atoms with Gasteiger partial charge in [0.05, 0.1) is 25.5 Å². The van der Waals surface area contributed by atoms with Crippen LogP contribution in [-0.2, 0) is 9.53 Å². The molecule has 1 aromatic carbocycles. The number of nitrogens with two attached hydrogens (primary N) is 1. The van der Waals surface area contributed by atoms with Crippen molar-refractivity contribution < 1.29 is 18.7 Å². The lowest BCUT2D eigenvalue weighted by molar-refractivity contribution is -0.134. The highest BCUT2D eigenvalue weighted by molar-refractivity contribution is 6.31. The van der Waals surface area contributed by atoms with E-state index in [1.807, 2.05) is 0 Å². The highest BCUT2D eigenvalue weighted by atomic mass is 35.5. The zero-order chi connectivity index (χ0) is 18.0. The van der Waals surface area contributed by atoms with E-state index >= 15 is 0 Å². The molecule has 0 bridgehead atoms. The standard InChI is InChI=1S/C17H16ClN3O4/c1-2-15(22)21-3-4-24-9-13(21)10-5-11(7-12(18)6-10)17-20-8-14(25-17)16(19)23/h2,5-8,13H,1,3-4,9H2,(H2,19,23)/t13-/m0/s1. The fourth-order valence-electron chi connectivity index (χ4n) is 2.71. The van der Waals surface area contributed by atoms with Gasteiger partial charge in [-0.1, -0.05) is 18.2 Å². The molecule has 3 rings (SSSR count). The van der Waals surface area contributed by atoms with Crippen molar-refractivity contribution in [3.63, 3.8) is 0 Å². The Morgan fingerprint density at radius 3 is 2.88 bits per heavy atom. The summed E-state index contributed by atoms with van der Waals surface area (Å²) >= 11 is 6.22. The number of oxazole rings is 1. The third-order valence-electron chi connectivity index (χ3n) is 3.89. The normalized spacial score (nSPS) is 17.3. The summed E-state index contributed by atoms with van der Waals surface area (Å²) in [6, 6.07) is 4.91. The molecule has 0 radical (unpaired) electrons. The summed E-state index contributed by atoms with van der Waals surface area (Å²) in [5, 5.41) is 0.447. The van der Waals surface area contributed by atoms with Crippen molar-refractivity contribution in [1.29, 1.82) is 0 Å². The minimum atomic E-state index is -0.704. The summed E-state index contributed by atoms with van der Waals surface area (Å²) in [7, 11) is 0. The molecular formula is C17H16ClN3O4. The summed E-state index contributed by atoms with van der Waals surface area (Å²) in [6.07, 6.45) is 2.53. The maximum absolute atomic E-state index is 12.1. The lowest BCUT2D eigenvalue weighted by atomic mass is 10.0. The highest BCUT2D eigenvalue weighted by Gasteiger charge is 2.28. The van der Waals surface area contributed by atoms with Crippen LogP contribution in [0, 0.1) is 0 Å². The second-order valence-electron chi connectivity index (χ2n) is 5.49. The van der Waals surface area contributed by atoms with Gasteiger partial charge in [0.2, 0.25) is 17.6 Å². The lowest BCUT2D eigenvalue weighted by Crippen LogP contribution is -2.42. The van der Waals surface area contributed by atoms with Crippen LogP contribution in [0.3, 0.4) is 0 Å². The highest BCUT2D eigenvalue weighted by Crippen LogP contribution is 2.31. The number of hydrogen-bond acceptors (Lipinski definition) is 5. The predicted molar refractivity (Wildman–Crippen MR) is 90.9 cm³/mol. The second kappa shape index (κ2) is 7.08. The monoisotopic (exact) mass is 361 g/mol. The minimum absolute atomic E-state index is 0.0408. The van der Waals surface area contributed by atoms with Crippen molar-refractivity contribution >= 4 is 23.4 Å². The number of carbonyl (C=O) groups excluding carboxylic acids is 2. The summed E-state index contributed by atoms with van der Waals surface area (Å²) in [6.45, 7) is 4.81. The van der Waals surface area contributed by atoms with Gasteiger partial charge in [0.15, 0.2) is 0 Å². The molecule has 1 saturated heterocycles. The number of carbonyl (C=O) groups is 2. The third kappa shape index (κ3) is 3.57. The van der Waals surface area contributed by atoms with Crippen LogP contribution < -0.4 is 5.73 Å². The van der Waals surface area contributed by atoms with Crippen LogP contribution in [0.1, 0.15) is 22.2 Å². The molecule has 2 heterocycles. The van der Waals surface area contributed by atoms with Crippen LogP contribution >= 0.6 is 11.6 Å². The Hall–Kier alpha value is -2.64. The summed E-state index contributed by atoms with van der Waals surface area (Å²) in [4.78, 5) is 29.0. The van der Waals surface area contributed by atoms with Crippen LogP contribution in [0.25, 0.3) is 11.5 Å². The smallest absolute Gasteiger partial charge is 0.286 e. The first-order valence-electron chi connectivity index (χ1n) is 7.57. The Morgan fingerprint density at radius 2 is 2.20 bits per heavy atom. The first kappa shape index (κ1) is 17.2. The molecule has 2 aromatic rings. The number of rotatable bonds is 4. The molecule has 25 heavy (non-hydrogen) atoms. The number of hydrogen-bond donors (Lipinski definition) is 1. The summed E-state index contributed by atoms with van der Waals surface area (Å²) in [5.41, 5.74) is 6.53. The van der Waals surface area contributed by atoms with E-state index in [2.05, 4.69) is 11.6 Å². The first-order valence-corrected chi connectivity index (χ1v) is 7.94. The Balaban J connectivity index is 1.99. The van der Waals surface area contributed by atoms with E-state index in [-0.39, 0.29) is 23.6 Å². The van der Waals surface area contributed by atoms with Crippen molar-refractivity contribution in [2.45, 2.75) is 6.04 Å². The van der Waals surface area contributed by atoms with E-state index in [0.29, 0.717) is 30.3 Å². The fraction of sp³-hybridized carbons (Fsp3) is 0.235. The molecule has 1 atom stereocenters. The van der Waals surface area contributed by atoms with E-state index in [4.69, 9.17) is 26.5 Å². The van der Waals surface area contributed by atoms with Gasteiger partial charge in [0.1, 0.15) is 0 Å². The maximum atomic E-state index is 12.1.